The zero-order chi connectivity index (χ0) is 10.7. The van der Waals surface area contributed by atoms with Crippen molar-refractivity contribution in [2.45, 2.75) is 6.42 Å². The van der Waals surface area contributed by atoms with E-state index in [2.05, 4.69) is 17.5 Å². The van der Waals surface area contributed by atoms with Crippen LogP contribution in [-0.4, -0.2) is 23.4 Å². The van der Waals surface area contributed by atoms with Crippen LogP contribution >= 0.6 is 11.3 Å². The lowest BCUT2D eigenvalue weighted by Crippen LogP contribution is -2.13. The molecule has 15 heavy (non-hydrogen) atoms. The SMILES string of the molecule is OCC(CO)Cc1csc2ccccc12. The quantitative estimate of drug-likeness (QED) is 0.831. The highest BCUT2D eigenvalue weighted by molar-refractivity contribution is 7.17. The van der Waals surface area contributed by atoms with Crippen LogP contribution in [0.3, 0.4) is 0 Å². The van der Waals surface area contributed by atoms with Crippen LogP contribution in [0.25, 0.3) is 10.1 Å². The fraction of sp³-hybridized carbons (Fsp3) is 0.333. The first kappa shape index (κ1) is 10.6. The van der Waals surface area contributed by atoms with Gasteiger partial charge in [0.1, 0.15) is 0 Å². The topological polar surface area (TPSA) is 40.5 Å². The molecule has 2 N–H and O–H groups in total. The third kappa shape index (κ3) is 2.20. The Balaban J connectivity index is 2.28. The minimum atomic E-state index is -0.0389. The number of fused-ring (bicyclic) bond motifs is 1. The molecule has 0 amide bonds. The van der Waals surface area contributed by atoms with Gasteiger partial charge in [0.05, 0.1) is 0 Å². The van der Waals surface area contributed by atoms with E-state index in [1.807, 2.05) is 12.1 Å². The van der Waals surface area contributed by atoms with Gasteiger partial charge in [-0.2, -0.15) is 0 Å². The molecule has 0 spiro atoms. The van der Waals surface area contributed by atoms with Gasteiger partial charge in [-0.25, -0.2) is 0 Å². The minimum absolute atomic E-state index is 0.0389. The molecular weight excluding hydrogens is 208 g/mol. The van der Waals surface area contributed by atoms with Gasteiger partial charge >= 0.3 is 0 Å². The van der Waals surface area contributed by atoms with Crippen LogP contribution in [0, 0.1) is 5.92 Å². The van der Waals surface area contributed by atoms with Gasteiger partial charge < -0.3 is 10.2 Å². The fourth-order valence-corrected chi connectivity index (χ4v) is 2.66. The normalized spacial score (nSPS) is 11.4. The summed E-state index contributed by atoms with van der Waals surface area (Å²) in [5.41, 5.74) is 1.23. The molecular formula is C12H14O2S. The molecule has 1 aromatic heterocycles. The molecule has 0 unspecified atom stereocenters. The van der Waals surface area contributed by atoms with E-state index in [0.29, 0.717) is 0 Å². The summed E-state index contributed by atoms with van der Waals surface area (Å²) in [6, 6.07) is 8.23. The third-order valence-electron chi connectivity index (χ3n) is 2.59. The summed E-state index contributed by atoms with van der Waals surface area (Å²) >= 11 is 1.71. The van der Waals surface area contributed by atoms with Crippen LogP contribution < -0.4 is 0 Å². The molecule has 1 heterocycles. The van der Waals surface area contributed by atoms with Crippen LogP contribution in [0.15, 0.2) is 29.6 Å². The van der Waals surface area contributed by atoms with E-state index in [-0.39, 0.29) is 19.1 Å². The molecule has 0 saturated heterocycles. The second-order valence-electron chi connectivity index (χ2n) is 3.69. The predicted molar refractivity (Wildman–Crippen MR) is 63.2 cm³/mol. The highest BCUT2D eigenvalue weighted by Gasteiger charge is 2.10. The van der Waals surface area contributed by atoms with Crippen molar-refractivity contribution in [1.29, 1.82) is 0 Å². The number of aliphatic hydroxyl groups is 2. The number of benzene rings is 1. The van der Waals surface area contributed by atoms with Gasteiger partial charge in [-0.05, 0) is 28.8 Å². The zero-order valence-electron chi connectivity index (χ0n) is 8.39. The Morgan fingerprint density at radius 1 is 1.13 bits per heavy atom. The number of hydrogen-bond acceptors (Lipinski definition) is 3. The molecule has 1 aromatic carbocycles. The summed E-state index contributed by atoms with van der Waals surface area (Å²) in [5.74, 6) is -0.0389. The van der Waals surface area contributed by atoms with E-state index in [9.17, 15) is 0 Å². The van der Waals surface area contributed by atoms with E-state index in [4.69, 9.17) is 10.2 Å². The maximum atomic E-state index is 9.04. The molecule has 2 aromatic rings. The van der Waals surface area contributed by atoms with Crippen molar-refractivity contribution in [1.82, 2.24) is 0 Å². The minimum Gasteiger partial charge on any atom is -0.396 e. The lowest BCUT2D eigenvalue weighted by Gasteiger charge is -2.09. The second-order valence-corrected chi connectivity index (χ2v) is 4.60. The first-order valence-electron chi connectivity index (χ1n) is 5.02. The third-order valence-corrected chi connectivity index (χ3v) is 3.60. The maximum Gasteiger partial charge on any atom is 0.0484 e. The highest BCUT2D eigenvalue weighted by Crippen LogP contribution is 2.27. The molecule has 0 aliphatic rings. The summed E-state index contributed by atoms with van der Waals surface area (Å²) in [4.78, 5) is 0. The van der Waals surface area contributed by atoms with Gasteiger partial charge in [-0.3, -0.25) is 0 Å². The Morgan fingerprint density at radius 2 is 1.87 bits per heavy atom. The van der Waals surface area contributed by atoms with Gasteiger partial charge in [-0.1, -0.05) is 18.2 Å². The number of aliphatic hydroxyl groups excluding tert-OH is 2. The first-order chi connectivity index (χ1) is 7.35. The van der Waals surface area contributed by atoms with Gasteiger partial charge in [0.15, 0.2) is 0 Å². The molecule has 0 atom stereocenters. The molecule has 0 aliphatic heterocycles. The average molecular weight is 222 g/mol. The molecule has 2 nitrogen and oxygen atoms in total. The van der Waals surface area contributed by atoms with E-state index >= 15 is 0 Å². The lowest BCUT2D eigenvalue weighted by atomic mass is 10.0. The largest absolute Gasteiger partial charge is 0.396 e. The average Bonchev–Trinajstić information content (AvgIpc) is 2.69. The molecule has 3 heteroatoms. The van der Waals surface area contributed by atoms with Crippen LogP contribution in [0.1, 0.15) is 5.56 Å². The van der Waals surface area contributed by atoms with Gasteiger partial charge in [-0.15, -0.1) is 11.3 Å². The summed E-state index contributed by atoms with van der Waals surface area (Å²) in [6.45, 7) is 0.0847. The van der Waals surface area contributed by atoms with Gasteiger partial charge in [0.25, 0.3) is 0 Å². The molecule has 0 radical (unpaired) electrons. The van der Waals surface area contributed by atoms with Crippen LogP contribution in [0.2, 0.25) is 0 Å². The fourth-order valence-electron chi connectivity index (χ4n) is 1.69. The Bertz CT molecular complexity index is 432. The van der Waals surface area contributed by atoms with Crippen molar-refractivity contribution in [2.24, 2.45) is 5.92 Å². The van der Waals surface area contributed by atoms with Crippen LogP contribution in [0.4, 0.5) is 0 Å². The van der Waals surface area contributed by atoms with Crippen molar-refractivity contribution in [3.8, 4) is 0 Å². The molecule has 80 valence electrons. The maximum absolute atomic E-state index is 9.04. The highest BCUT2D eigenvalue weighted by atomic mass is 32.1. The van der Waals surface area contributed by atoms with Crippen molar-refractivity contribution in [3.05, 3.63) is 35.2 Å². The molecule has 0 bridgehead atoms. The zero-order valence-corrected chi connectivity index (χ0v) is 9.20. The summed E-state index contributed by atoms with van der Waals surface area (Å²) in [6.07, 6.45) is 0.747. The van der Waals surface area contributed by atoms with Gasteiger partial charge in [0, 0.05) is 23.8 Å². The Kier molecular flexibility index (Phi) is 3.36. The summed E-state index contributed by atoms with van der Waals surface area (Å²) in [7, 11) is 0. The van der Waals surface area contributed by atoms with Crippen molar-refractivity contribution in [2.75, 3.05) is 13.2 Å². The molecule has 2 rings (SSSR count). The van der Waals surface area contributed by atoms with E-state index < -0.39 is 0 Å². The first-order valence-corrected chi connectivity index (χ1v) is 5.90. The molecule has 0 aliphatic carbocycles. The van der Waals surface area contributed by atoms with E-state index in [0.717, 1.165) is 6.42 Å². The summed E-state index contributed by atoms with van der Waals surface area (Å²) < 4.78 is 1.27. The Morgan fingerprint density at radius 3 is 2.60 bits per heavy atom. The second kappa shape index (κ2) is 4.75. The van der Waals surface area contributed by atoms with Crippen molar-refractivity contribution < 1.29 is 10.2 Å². The monoisotopic (exact) mass is 222 g/mol. The number of hydrogen-bond donors (Lipinski definition) is 2. The lowest BCUT2D eigenvalue weighted by molar-refractivity contribution is 0.150. The standard InChI is InChI=1S/C12H14O2S/c13-6-9(7-14)5-10-8-15-12-4-2-1-3-11(10)12/h1-4,8-9,13-14H,5-7H2. The van der Waals surface area contributed by atoms with E-state index in [1.54, 1.807) is 11.3 Å². The van der Waals surface area contributed by atoms with Crippen LogP contribution in [-0.2, 0) is 6.42 Å². The van der Waals surface area contributed by atoms with E-state index in [1.165, 1.54) is 15.6 Å². The Hall–Kier alpha value is -0.900. The molecule has 0 fully saturated rings. The Labute approximate surface area is 92.8 Å². The predicted octanol–water partition coefficient (Wildman–Crippen LogP) is 2.04. The van der Waals surface area contributed by atoms with Crippen molar-refractivity contribution >= 4 is 21.4 Å². The number of thiophene rings is 1. The van der Waals surface area contributed by atoms with Crippen LogP contribution in [0.5, 0.6) is 0 Å². The molecule has 0 saturated carbocycles. The smallest absolute Gasteiger partial charge is 0.0484 e. The number of rotatable bonds is 4. The summed E-state index contributed by atoms with van der Waals surface area (Å²) in [5, 5.41) is 21.4. The van der Waals surface area contributed by atoms with Gasteiger partial charge in [0.2, 0.25) is 0 Å². The van der Waals surface area contributed by atoms with Crippen molar-refractivity contribution in [3.63, 3.8) is 0 Å².